The quantitative estimate of drug-likeness (QED) is 0.769. The lowest BCUT2D eigenvalue weighted by Gasteiger charge is -2.18. The lowest BCUT2D eigenvalue weighted by atomic mass is 10.1. The van der Waals surface area contributed by atoms with Gasteiger partial charge in [0.15, 0.2) is 5.17 Å². The molecule has 1 aliphatic rings. The fourth-order valence-corrected chi connectivity index (χ4v) is 3.57. The molecule has 1 aliphatic heterocycles. The van der Waals surface area contributed by atoms with E-state index >= 15 is 0 Å². The van der Waals surface area contributed by atoms with Crippen LogP contribution in [-0.2, 0) is 11.9 Å². The molecule has 0 N–H and O–H groups in total. The number of methoxy groups -OCH3 is 1. The summed E-state index contributed by atoms with van der Waals surface area (Å²) in [5.74, 6) is 0.941. The molecule has 0 unspecified atom stereocenters. The molecular formula is C19H17F3N2O2S. The summed E-state index contributed by atoms with van der Waals surface area (Å²) in [5, 5.41) is 0.579. The van der Waals surface area contributed by atoms with Crippen molar-refractivity contribution in [2.45, 2.75) is 11.9 Å². The largest absolute Gasteiger partial charge is 0.497 e. The zero-order valence-electron chi connectivity index (χ0n) is 14.5. The molecule has 0 fully saturated rings. The molecule has 0 saturated heterocycles. The number of nitrogens with zero attached hydrogens (tertiary/aromatic N) is 2. The molecule has 8 heteroatoms. The van der Waals surface area contributed by atoms with E-state index in [2.05, 4.69) is 4.99 Å². The lowest BCUT2D eigenvalue weighted by molar-refractivity contribution is -0.137. The van der Waals surface area contributed by atoms with Gasteiger partial charge in [-0.15, -0.1) is 0 Å². The summed E-state index contributed by atoms with van der Waals surface area (Å²) in [6.45, 7) is 0.997. The molecular weight excluding hydrogens is 377 g/mol. The number of aliphatic imine (C=N–C) groups is 1. The summed E-state index contributed by atoms with van der Waals surface area (Å²) in [5.41, 5.74) is 0.589. The minimum absolute atomic E-state index is 0.158. The van der Waals surface area contributed by atoms with Gasteiger partial charge in [0.25, 0.3) is 5.91 Å². The molecule has 0 saturated carbocycles. The van der Waals surface area contributed by atoms with Crippen LogP contribution in [0, 0.1) is 0 Å². The maximum atomic E-state index is 12.7. The Morgan fingerprint density at radius 3 is 2.41 bits per heavy atom. The van der Waals surface area contributed by atoms with Crippen molar-refractivity contribution in [1.82, 2.24) is 4.90 Å². The predicted octanol–water partition coefficient (Wildman–Crippen LogP) is 4.46. The fraction of sp³-hybridized carbons (Fsp3) is 0.263. The smallest absolute Gasteiger partial charge is 0.416 e. The van der Waals surface area contributed by atoms with Crippen molar-refractivity contribution < 1.29 is 22.7 Å². The average molecular weight is 394 g/mol. The van der Waals surface area contributed by atoms with Crippen LogP contribution in [0.2, 0.25) is 0 Å². The van der Waals surface area contributed by atoms with Gasteiger partial charge in [0.1, 0.15) is 5.75 Å². The number of rotatable bonds is 4. The van der Waals surface area contributed by atoms with Crippen molar-refractivity contribution in [3.05, 3.63) is 65.2 Å². The highest BCUT2D eigenvalue weighted by Gasteiger charge is 2.30. The maximum Gasteiger partial charge on any atom is 0.416 e. The molecule has 27 heavy (non-hydrogen) atoms. The van der Waals surface area contributed by atoms with Gasteiger partial charge < -0.3 is 4.74 Å². The molecule has 0 spiro atoms. The Labute approximate surface area is 159 Å². The molecule has 2 aromatic rings. The summed E-state index contributed by atoms with van der Waals surface area (Å²) in [6.07, 6.45) is -4.34. The van der Waals surface area contributed by atoms with Crippen molar-refractivity contribution in [2.75, 3.05) is 20.2 Å². The Balaban J connectivity index is 1.63. The summed E-state index contributed by atoms with van der Waals surface area (Å²) < 4.78 is 43.0. The van der Waals surface area contributed by atoms with Crippen molar-refractivity contribution in [3.8, 4) is 5.75 Å². The van der Waals surface area contributed by atoms with Crippen molar-refractivity contribution in [3.63, 3.8) is 0 Å². The number of amidine groups is 1. The first-order valence-corrected chi connectivity index (χ1v) is 9.16. The van der Waals surface area contributed by atoms with Crippen LogP contribution in [0.5, 0.6) is 5.75 Å². The minimum atomic E-state index is -4.34. The van der Waals surface area contributed by atoms with E-state index in [1.54, 1.807) is 36.3 Å². The number of thioether (sulfide) groups is 1. The van der Waals surface area contributed by atoms with E-state index in [-0.39, 0.29) is 5.91 Å². The van der Waals surface area contributed by atoms with E-state index in [0.717, 1.165) is 17.7 Å². The molecule has 3 rings (SSSR count). The van der Waals surface area contributed by atoms with Gasteiger partial charge in [-0.05, 0) is 42.0 Å². The van der Waals surface area contributed by atoms with Gasteiger partial charge in [0.2, 0.25) is 0 Å². The van der Waals surface area contributed by atoms with E-state index in [9.17, 15) is 18.0 Å². The number of amides is 1. The zero-order valence-corrected chi connectivity index (χ0v) is 15.3. The average Bonchev–Trinajstić information content (AvgIpc) is 3.14. The summed E-state index contributed by atoms with van der Waals surface area (Å²) in [4.78, 5) is 18.6. The Bertz CT molecular complexity index is 834. The van der Waals surface area contributed by atoms with Crippen LogP contribution in [-0.4, -0.2) is 36.2 Å². The molecule has 4 nitrogen and oxygen atoms in total. The van der Waals surface area contributed by atoms with E-state index in [0.29, 0.717) is 35.3 Å². The highest BCUT2D eigenvalue weighted by molar-refractivity contribution is 8.13. The van der Waals surface area contributed by atoms with Crippen molar-refractivity contribution in [1.29, 1.82) is 0 Å². The van der Waals surface area contributed by atoms with Crippen LogP contribution in [0.3, 0.4) is 0 Å². The Morgan fingerprint density at radius 1 is 1.15 bits per heavy atom. The first kappa shape index (κ1) is 19.3. The van der Waals surface area contributed by atoms with Crippen LogP contribution in [0.1, 0.15) is 21.5 Å². The molecule has 2 aromatic carbocycles. The zero-order chi connectivity index (χ0) is 19.4. The van der Waals surface area contributed by atoms with E-state index in [4.69, 9.17) is 4.74 Å². The van der Waals surface area contributed by atoms with Crippen LogP contribution in [0.15, 0.2) is 53.5 Å². The summed E-state index contributed by atoms with van der Waals surface area (Å²) >= 11 is 1.34. The minimum Gasteiger partial charge on any atom is -0.497 e. The second-order valence-corrected chi connectivity index (χ2v) is 6.78. The van der Waals surface area contributed by atoms with Crippen LogP contribution >= 0.6 is 11.8 Å². The number of halogens is 3. The number of carbonyl (C=O) groups excluding carboxylic acids is 1. The van der Waals surface area contributed by atoms with E-state index in [1.807, 2.05) is 0 Å². The number of alkyl halides is 3. The fourth-order valence-electron chi connectivity index (χ4n) is 2.57. The van der Waals surface area contributed by atoms with Gasteiger partial charge in [-0.1, -0.05) is 23.9 Å². The first-order chi connectivity index (χ1) is 12.9. The van der Waals surface area contributed by atoms with Gasteiger partial charge >= 0.3 is 6.18 Å². The number of carbonyl (C=O) groups is 1. The second kappa shape index (κ2) is 8.04. The molecule has 0 aromatic heterocycles. The highest BCUT2D eigenvalue weighted by Crippen LogP contribution is 2.30. The number of benzene rings is 2. The highest BCUT2D eigenvalue weighted by atomic mass is 32.2. The van der Waals surface area contributed by atoms with Crippen LogP contribution in [0.25, 0.3) is 0 Å². The van der Waals surface area contributed by atoms with Crippen LogP contribution in [0.4, 0.5) is 13.2 Å². The third-order valence-corrected chi connectivity index (χ3v) is 5.12. The summed E-state index contributed by atoms with van der Waals surface area (Å²) in [7, 11) is 1.56. The number of hydrogen-bond donors (Lipinski definition) is 0. The third kappa shape index (κ3) is 4.63. The molecule has 0 radical (unpaired) electrons. The molecule has 0 aliphatic carbocycles. The molecule has 0 atom stereocenters. The summed E-state index contributed by atoms with van der Waals surface area (Å²) in [6, 6.07) is 11.8. The standard InChI is InChI=1S/C19H17F3N2O2S/c1-26-16-8-4-14(5-9-16)17(25)24-11-10-23-18(24)27-12-13-2-6-15(7-3-13)19(20,21)22/h2-9H,10-12H2,1H3. The number of hydrogen-bond acceptors (Lipinski definition) is 4. The normalized spacial score (nSPS) is 14.2. The van der Waals surface area contributed by atoms with Crippen LogP contribution < -0.4 is 4.74 Å². The van der Waals surface area contributed by atoms with Gasteiger partial charge in [-0.25, -0.2) is 0 Å². The monoisotopic (exact) mass is 394 g/mol. The molecule has 0 bridgehead atoms. The van der Waals surface area contributed by atoms with E-state index in [1.165, 1.54) is 23.9 Å². The van der Waals surface area contributed by atoms with Crippen molar-refractivity contribution >= 4 is 22.8 Å². The van der Waals surface area contributed by atoms with E-state index < -0.39 is 11.7 Å². The Hall–Kier alpha value is -2.48. The molecule has 142 valence electrons. The van der Waals surface area contributed by atoms with Gasteiger partial charge in [0.05, 0.1) is 19.2 Å². The maximum absolute atomic E-state index is 12.7. The van der Waals surface area contributed by atoms with Crippen molar-refractivity contribution in [2.24, 2.45) is 4.99 Å². The topological polar surface area (TPSA) is 41.9 Å². The number of ether oxygens (including phenoxy) is 1. The first-order valence-electron chi connectivity index (χ1n) is 8.18. The Kier molecular flexibility index (Phi) is 5.74. The van der Waals surface area contributed by atoms with Gasteiger partial charge in [0, 0.05) is 17.9 Å². The third-order valence-electron chi connectivity index (χ3n) is 4.03. The molecule has 1 heterocycles. The second-order valence-electron chi connectivity index (χ2n) is 5.83. The predicted molar refractivity (Wildman–Crippen MR) is 99.1 cm³/mol. The molecule has 1 amide bonds. The van der Waals surface area contributed by atoms with Gasteiger partial charge in [-0.3, -0.25) is 14.7 Å². The Morgan fingerprint density at radius 2 is 1.81 bits per heavy atom. The SMILES string of the molecule is COc1ccc(C(=O)N2CCN=C2SCc2ccc(C(F)(F)F)cc2)cc1. The lowest BCUT2D eigenvalue weighted by Crippen LogP contribution is -2.32. The van der Waals surface area contributed by atoms with Gasteiger partial charge in [-0.2, -0.15) is 13.2 Å².